The smallest absolute Gasteiger partial charge is 0.0474 e. The zero-order valence-electron chi connectivity index (χ0n) is 16.3. The molecule has 2 rings (SSSR count). The predicted octanol–water partition coefficient (Wildman–Crippen LogP) is 8.11. The van der Waals surface area contributed by atoms with Crippen molar-refractivity contribution in [1.29, 1.82) is 0 Å². The molecule has 0 saturated carbocycles. The maximum Gasteiger partial charge on any atom is 0.0474 e. The van der Waals surface area contributed by atoms with E-state index in [1.54, 1.807) is 0 Å². The molecule has 0 amide bonds. The molecule has 0 saturated heterocycles. The van der Waals surface area contributed by atoms with Gasteiger partial charge in [0.1, 0.15) is 0 Å². The lowest BCUT2D eigenvalue weighted by Crippen LogP contribution is -2.24. The normalized spacial score (nSPS) is 25.7. The molecule has 0 aromatic rings. The third-order valence-electron chi connectivity index (χ3n) is 7.05. The zero-order valence-corrected chi connectivity index (χ0v) is 19.0. The molecular weight excluding hydrogens is 338 g/mol. The lowest BCUT2D eigenvalue weighted by atomic mass is 9.98. The van der Waals surface area contributed by atoms with Crippen LogP contribution in [-0.4, -0.2) is 10.3 Å². The lowest BCUT2D eigenvalue weighted by Gasteiger charge is -2.40. The highest BCUT2D eigenvalue weighted by molar-refractivity contribution is 8.34. The van der Waals surface area contributed by atoms with E-state index in [1.807, 2.05) is 0 Å². The van der Waals surface area contributed by atoms with Gasteiger partial charge in [0.05, 0.1) is 0 Å². The van der Waals surface area contributed by atoms with Crippen LogP contribution in [-0.2, 0) is 0 Å². The van der Waals surface area contributed by atoms with Crippen molar-refractivity contribution in [2.24, 2.45) is 0 Å². The van der Waals surface area contributed by atoms with E-state index in [1.165, 1.54) is 44.6 Å². The number of rotatable bonds is 3. The summed E-state index contributed by atoms with van der Waals surface area (Å²) in [6.45, 7) is 22.4. The van der Waals surface area contributed by atoms with Crippen LogP contribution in [0.25, 0.3) is 0 Å². The van der Waals surface area contributed by atoms with Gasteiger partial charge in [0.25, 0.3) is 0 Å². The van der Waals surface area contributed by atoms with Gasteiger partial charge in [-0.05, 0) is 91.5 Å². The average molecular weight is 369 g/mol. The van der Waals surface area contributed by atoms with Crippen LogP contribution in [0.5, 0.6) is 0 Å². The van der Waals surface area contributed by atoms with Gasteiger partial charge in [0.2, 0.25) is 0 Å². The highest BCUT2D eigenvalue weighted by Gasteiger charge is 2.47. The SMILES string of the molecule is CC1=C(C)C(C)(PP(Cl)C2(C)C(C)=C(C)C(C)=C2C)C(C)=C1C. The minimum atomic E-state index is -0.631. The van der Waals surface area contributed by atoms with Crippen molar-refractivity contribution in [2.45, 2.75) is 79.5 Å². The van der Waals surface area contributed by atoms with Crippen LogP contribution in [0.3, 0.4) is 0 Å². The van der Waals surface area contributed by atoms with Crippen LogP contribution < -0.4 is 0 Å². The number of allylic oxidation sites excluding steroid dienone is 8. The van der Waals surface area contributed by atoms with Crippen LogP contribution in [0.4, 0.5) is 0 Å². The molecule has 0 aliphatic heterocycles. The summed E-state index contributed by atoms with van der Waals surface area (Å²) in [7, 11) is 0.748. The molecule has 23 heavy (non-hydrogen) atoms. The van der Waals surface area contributed by atoms with Gasteiger partial charge < -0.3 is 0 Å². The molecule has 0 heterocycles. The summed E-state index contributed by atoms with van der Waals surface area (Å²) in [4.78, 5) is 0. The second kappa shape index (κ2) is 6.12. The van der Waals surface area contributed by atoms with Crippen molar-refractivity contribution >= 4 is 26.5 Å². The Hall–Kier alpha value is 0.110. The van der Waals surface area contributed by atoms with Crippen LogP contribution in [0, 0.1) is 0 Å². The minimum Gasteiger partial charge on any atom is -0.0903 e. The summed E-state index contributed by atoms with van der Waals surface area (Å²) in [5, 5.41) is 0.201. The van der Waals surface area contributed by atoms with Crippen molar-refractivity contribution in [3.8, 4) is 0 Å². The van der Waals surface area contributed by atoms with Gasteiger partial charge >= 0.3 is 0 Å². The van der Waals surface area contributed by atoms with E-state index in [-0.39, 0.29) is 10.3 Å². The molecule has 2 atom stereocenters. The van der Waals surface area contributed by atoms with E-state index in [0.29, 0.717) is 0 Å². The van der Waals surface area contributed by atoms with Gasteiger partial charge in [-0.1, -0.05) is 41.8 Å². The standard InChI is InChI=1S/C20H31ClP2/c1-11-12(2)16(6)19(9,15(11)5)22-23(21)20(10)17(7)13(3)14(4)18(20)8/h22H,1-10H3. The summed E-state index contributed by atoms with van der Waals surface area (Å²) >= 11 is 7.21. The number of halogens is 1. The van der Waals surface area contributed by atoms with E-state index < -0.39 is 6.96 Å². The van der Waals surface area contributed by atoms with Crippen molar-refractivity contribution in [3.05, 3.63) is 44.6 Å². The molecule has 3 heteroatoms. The maximum absolute atomic E-state index is 7.21. The third-order valence-corrected chi connectivity index (χ3v) is 14.9. The molecule has 2 unspecified atom stereocenters. The lowest BCUT2D eigenvalue weighted by molar-refractivity contribution is 0.860. The van der Waals surface area contributed by atoms with E-state index >= 15 is 0 Å². The number of hydrogen-bond acceptors (Lipinski definition) is 0. The molecule has 2 aliphatic carbocycles. The molecule has 2 aliphatic rings. The van der Waals surface area contributed by atoms with Crippen molar-refractivity contribution in [2.75, 3.05) is 0 Å². The molecule has 0 spiro atoms. The fourth-order valence-electron chi connectivity index (χ4n) is 3.94. The predicted molar refractivity (Wildman–Crippen MR) is 111 cm³/mol. The summed E-state index contributed by atoms with van der Waals surface area (Å²) in [6.07, 6.45) is 0. The summed E-state index contributed by atoms with van der Waals surface area (Å²) in [6, 6.07) is 0. The topological polar surface area (TPSA) is 0 Å². The highest BCUT2D eigenvalue weighted by atomic mass is 35.7. The van der Waals surface area contributed by atoms with E-state index in [2.05, 4.69) is 69.2 Å². The minimum absolute atomic E-state index is 0.0530. The van der Waals surface area contributed by atoms with E-state index in [9.17, 15) is 0 Å². The Labute approximate surface area is 150 Å². The Bertz CT molecular complexity index is 640. The summed E-state index contributed by atoms with van der Waals surface area (Å²) in [5.74, 6) is 0. The second-order valence-corrected chi connectivity index (χ2v) is 14.1. The molecule has 0 nitrogen and oxygen atoms in total. The van der Waals surface area contributed by atoms with Gasteiger partial charge in [-0.2, -0.15) is 0 Å². The van der Waals surface area contributed by atoms with E-state index in [4.69, 9.17) is 11.2 Å². The fraction of sp³-hybridized carbons (Fsp3) is 0.600. The first-order valence-corrected chi connectivity index (χ1v) is 12.5. The Kier molecular flexibility index (Phi) is 5.18. The highest BCUT2D eigenvalue weighted by Crippen LogP contribution is 2.79. The molecular formula is C20H31ClP2. The summed E-state index contributed by atoms with van der Waals surface area (Å²) in [5.41, 5.74) is 11.9. The maximum atomic E-state index is 7.21. The van der Waals surface area contributed by atoms with Gasteiger partial charge in [0.15, 0.2) is 0 Å². The molecule has 0 aromatic carbocycles. The third kappa shape index (κ3) is 2.56. The Morgan fingerprint density at radius 1 is 0.652 bits per heavy atom. The molecule has 0 aromatic heterocycles. The van der Waals surface area contributed by atoms with Crippen LogP contribution in [0.15, 0.2) is 44.6 Å². The first kappa shape index (κ1) is 19.4. The molecule has 0 N–H and O–H groups in total. The largest absolute Gasteiger partial charge is 0.0903 e. The van der Waals surface area contributed by atoms with Crippen LogP contribution in [0.2, 0.25) is 0 Å². The van der Waals surface area contributed by atoms with Gasteiger partial charge in [-0.3, -0.25) is 0 Å². The fourth-order valence-corrected chi connectivity index (χ4v) is 12.3. The Morgan fingerprint density at radius 3 is 1.30 bits per heavy atom. The number of hydrogen-bond donors (Lipinski definition) is 0. The van der Waals surface area contributed by atoms with Crippen molar-refractivity contribution in [1.82, 2.24) is 0 Å². The zero-order chi connectivity index (χ0) is 17.9. The van der Waals surface area contributed by atoms with E-state index in [0.717, 1.165) is 8.27 Å². The Balaban J connectivity index is 2.44. The molecule has 0 radical (unpaired) electrons. The van der Waals surface area contributed by atoms with Gasteiger partial charge in [0, 0.05) is 17.3 Å². The van der Waals surface area contributed by atoms with Gasteiger partial charge in [-0.25, -0.2) is 0 Å². The van der Waals surface area contributed by atoms with Crippen molar-refractivity contribution < 1.29 is 0 Å². The first-order valence-electron chi connectivity index (χ1n) is 8.37. The van der Waals surface area contributed by atoms with Gasteiger partial charge in [-0.15, -0.1) is 0 Å². The van der Waals surface area contributed by atoms with Crippen molar-refractivity contribution in [3.63, 3.8) is 0 Å². The molecule has 128 valence electrons. The molecule has 0 bridgehead atoms. The average Bonchev–Trinajstić information content (AvgIpc) is 2.75. The van der Waals surface area contributed by atoms with Crippen LogP contribution >= 0.6 is 26.5 Å². The second-order valence-electron chi connectivity index (χ2n) is 7.59. The molecule has 0 fully saturated rings. The first-order chi connectivity index (χ1) is 10.4. The quantitative estimate of drug-likeness (QED) is 0.441. The van der Waals surface area contributed by atoms with Crippen LogP contribution in [0.1, 0.15) is 69.2 Å². The summed E-state index contributed by atoms with van der Waals surface area (Å²) < 4.78 is 0. The Morgan fingerprint density at radius 2 is 0.957 bits per heavy atom. The monoisotopic (exact) mass is 368 g/mol.